The lowest BCUT2D eigenvalue weighted by molar-refractivity contribution is -0.136. The first kappa shape index (κ1) is 17.7. The number of nitrogens with zero attached hydrogens (tertiary/aromatic N) is 1. The van der Waals surface area contributed by atoms with Gasteiger partial charge in [0.1, 0.15) is 18.1 Å². The Labute approximate surface area is 149 Å². The van der Waals surface area contributed by atoms with Crippen LogP contribution >= 0.6 is 0 Å². The van der Waals surface area contributed by atoms with Gasteiger partial charge in [-0.25, -0.2) is 4.79 Å². The van der Waals surface area contributed by atoms with Crippen LogP contribution in [0.15, 0.2) is 29.5 Å². The molecule has 0 fully saturated rings. The summed E-state index contributed by atoms with van der Waals surface area (Å²) in [5, 5.41) is 14.7. The number of hydrogen-bond acceptors (Lipinski definition) is 7. The molecule has 138 valence electrons. The van der Waals surface area contributed by atoms with Crippen LogP contribution in [0.2, 0.25) is 0 Å². The molecule has 0 aromatic heterocycles. The van der Waals surface area contributed by atoms with E-state index >= 15 is 0 Å². The molecule has 3 rings (SSSR count). The molecule has 0 unspecified atom stereocenters. The highest BCUT2D eigenvalue weighted by atomic mass is 16.5. The van der Waals surface area contributed by atoms with Crippen molar-refractivity contribution in [3.05, 3.63) is 35.0 Å². The number of benzene rings is 1. The van der Waals surface area contributed by atoms with Crippen LogP contribution in [-0.2, 0) is 14.3 Å². The number of aliphatic hydroxyl groups is 1. The molecule has 2 amide bonds. The average molecular weight is 361 g/mol. The lowest BCUT2D eigenvalue weighted by atomic mass is 10.1. The van der Waals surface area contributed by atoms with E-state index < -0.39 is 11.9 Å². The van der Waals surface area contributed by atoms with Gasteiger partial charge in [0.05, 0.1) is 37.9 Å². The Bertz CT molecular complexity index is 789. The van der Waals surface area contributed by atoms with E-state index in [0.717, 1.165) is 0 Å². The molecule has 0 aliphatic carbocycles. The lowest BCUT2D eigenvalue weighted by Crippen LogP contribution is -2.31. The molecule has 1 aromatic carbocycles. The molecule has 3 N–H and O–H groups in total. The number of fused-ring (bicyclic) bond motifs is 1. The zero-order valence-electron chi connectivity index (χ0n) is 14.2. The van der Waals surface area contributed by atoms with Gasteiger partial charge in [0, 0.05) is 12.2 Å². The van der Waals surface area contributed by atoms with E-state index in [4.69, 9.17) is 14.6 Å². The average Bonchev–Trinajstić information content (AvgIpc) is 2.83. The lowest BCUT2D eigenvalue weighted by Gasteiger charge is -2.15. The second-order valence-electron chi connectivity index (χ2n) is 5.74. The topological polar surface area (TPSA) is 117 Å². The molecule has 0 radical (unpaired) electrons. The van der Waals surface area contributed by atoms with Crippen molar-refractivity contribution in [3.63, 3.8) is 0 Å². The Morgan fingerprint density at radius 3 is 2.96 bits per heavy atom. The molecule has 0 saturated heterocycles. The van der Waals surface area contributed by atoms with E-state index in [2.05, 4.69) is 10.6 Å². The zero-order chi connectivity index (χ0) is 18.7. The Balaban J connectivity index is 1.91. The maximum absolute atomic E-state index is 12.5. The molecule has 2 aliphatic rings. The maximum atomic E-state index is 12.5. The van der Waals surface area contributed by atoms with E-state index in [9.17, 15) is 14.4 Å². The molecule has 0 bridgehead atoms. The van der Waals surface area contributed by atoms with Crippen molar-refractivity contribution in [2.24, 2.45) is 0 Å². The molecule has 0 saturated carbocycles. The predicted octanol–water partition coefficient (Wildman–Crippen LogP) is -0.518. The molecule has 2 heterocycles. The van der Waals surface area contributed by atoms with Gasteiger partial charge >= 0.3 is 5.97 Å². The van der Waals surface area contributed by atoms with Crippen molar-refractivity contribution in [1.29, 1.82) is 0 Å². The van der Waals surface area contributed by atoms with Gasteiger partial charge in [-0.05, 0) is 18.2 Å². The highest BCUT2D eigenvalue weighted by Crippen LogP contribution is 2.27. The van der Waals surface area contributed by atoms with Gasteiger partial charge in [-0.3, -0.25) is 9.59 Å². The monoisotopic (exact) mass is 361 g/mol. The van der Waals surface area contributed by atoms with Crippen LogP contribution in [-0.4, -0.2) is 67.7 Å². The van der Waals surface area contributed by atoms with Crippen LogP contribution in [0.3, 0.4) is 0 Å². The minimum atomic E-state index is -0.628. The summed E-state index contributed by atoms with van der Waals surface area (Å²) in [4.78, 5) is 38.0. The summed E-state index contributed by atoms with van der Waals surface area (Å²) >= 11 is 0. The quantitative estimate of drug-likeness (QED) is 0.604. The fourth-order valence-electron chi connectivity index (χ4n) is 2.83. The largest absolute Gasteiger partial charge is 0.491 e. The van der Waals surface area contributed by atoms with Gasteiger partial charge in [-0.2, -0.15) is 0 Å². The van der Waals surface area contributed by atoms with Crippen molar-refractivity contribution >= 4 is 23.5 Å². The third-order valence-corrected chi connectivity index (χ3v) is 4.09. The highest BCUT2D eigenvalue weighted by molar-refractivity contribution is 6.08. The number of amides is 2. The summed E-state index contributed by atoms with van der Waals surface area (Å²) in [6, 6.07) is 4.84. The summed E-state index contributed by atoms with van der Waals surface area (Å²) in [5.41, 5.74) is 1.03. The van der Waals surface area contributed by atoms with E-state index in [0.29, 0.717) is 30.2 Å². The van der Waals surface area contributed by atoms with Crippen LogP contribution in [0.25, 0.3) is 0 Å². The van der Waals surface area contributed by atoms with Crippen LogP contribution in [0, 0.1) is 0 Å². The van der Waals surface area contributed by atoms with Crippen molar-refractivity contribution in [1.82, 2.24) is 10.2 Å². The number of hydrogen-bond donors (Lipinski definition) is 3. The van der Waals surface area contributed by atoms with Crippen LogP contribution in [0.5, 0.6) is 5.75 Å². The van der Waals surface area contributed by atoms with Gasteiger partial charge < -0.3 is 30.1 Å². The number of nitrogens with one attached hydrogen (secondary N) is 2. The Kier molecular flexibility index (Phi) is 5.08. The van der Waals surface area contributed by atoms with E-state index in [1.54, 1.807) is 18.2 Å². The molecule has 2 aliphatic heterocycles. The van der Waals surface area contributed by atoms with Crippen molar-refractivity contribution in [2.45, 2.75) is 0 Å². The summed E-state index contributed by atoms with van der Waals surface area (Å²) in [6.45, 7) is 0.706. The molecule has 1 aromatic rings. The van der Waals surface area contributed by atoms with Crippen molar-refractivity contribution < 1.29 is 29.0 Å². The molecule has 9 heteroatoms. The fraction of sp³-hybridized carbons (Fsp3) is 0.353. The number of esters is 1. The van der Waals surface area contributed by atoms with Gasteiger partial charge in [0.25, 0.3) is 11.8 Å². The highest BCUT2D eigenvalue weighted by Gasteiger charge is 2.34. The third-order valence-electron chi connectivity index (χ3n) is 4.09. The Morgan fingerprint density at radius 1 is 1.42 bits per heavy atom. The Hall–Kier alpha value is -3.07. The number of β-amino-alcohol motifs (C(OH)–C–C–N with tert-alkyl or cyclic N) is 1. The second-order valence-corrected chi connectivity index (χ2v) is 5.74. The number of ether oxygens (including phenoxy) is 2. The first-order valence-corrected chi connectivity index (χ1v) is 8.08. The molecular formula is C17H19N3O6. The predicted molar refractivity (Wildman–Crippen MR) is 90.6 cm³/mol. The number of aliphatic hydroxyl groups excluding tert-OH is 1. The first-order valence-electron chi connectivity index (χ1n) is 8.08. The molecular weight excluding hydrogens is 342 g/mol. The minimum Gasteiger partial charge on any atom is -0.491 e. The molecule has 9 nitrogen and oxygen atoms in total. The molecule has 0 spiro atoms. The SMILES string of the molecule is COC(=O)C1=C(Nc2ccc3c(c2)C(=O)NCCO3)C(=O)N(CCO)C1. The van der Waals surface area contributed by atoms with Gasteiger partial charge in [-0.15, -0.1) is 0 Å². The second kappa shape index (κ2) is 7.44. The number of rotatable bonds is 5. The normalized spacial score (nSPS) is 16.6. The minimum absolute atomic E-state index is 0.0446. The summed E-state index contributed by atoms with van der Waals surface area (Å²) in [7, 11) is 1.23. The number of carbonyl (C=O) groups excluding carboxylic acids is 3. The van der Waals surface area contributed by atoms with Crippen LogP contribution in [0.1, 0.15) is 10.4 Å². The van der Waals surface area contributed by atoms with E-state index in [1.807, 2.05) is 0 Å². The number of carbonyl (C=O) groups is 3. The summed E-state index contributed by atoms with van der Waals surface area (Å²) in [5.74, 6) is -0.873. The third kappa shape index (κ3) is 3.33. The Morgan fingerprint density at radius 2 is 2.23 bits per heavy atom. The number of methoxy groups -OCH3 is 1. The standard InChI is InChI=1S/C17H19N3O6/c1-25-17(24)12-9-20(5-6-21)16(23)14(12)19-10-2-3-13-11(8-10)15(22)18-4-7-26-13/h2-3,8,19,21H,4-7,9H2,1H3,(H,18,22). The van der Waals surface area contributed by atoms with Crippen molar-refractivity contribution in [3.8, 4) is 5.75 Å². The van der Waals surface area contributed by atoms with E-state index in [1.165, 1.54) is 12.0 Å². The summed E-state index contributed by atoms with van der Waals surface area (Å²) in [6.07, 6.45) is 0. The first-order chi connectivity index (χ1) is 12.5. The van der Waals surface area contributed by atoms with E-state index in [-0.39, 0.29) is 36.9 Å². The fourth-order valence-corrected chi connectivity index (χ4v) is 2.83. The summed E-state index contributed by atoms with van der Waals surface area (Å²) < 4.78 is 10.2. The van der Waals surface area contributed by atoms with Gasteiger partial charge in [-0.1, -0.05) is 0 Å². The van der Waals surface area contributed by atoms with Gasteiger partial charge in [0.2, 0.25) is 0 Å². The zero-order valence-corrected chi connectivity index (χ0v) is 14.2. The van der Waals surface area contributed by atoms with Gasteiger partial charge in [0.15, 0.2) is 0 Å². The van der Waals surface area contributed by atoms with Crippen molar-refractivity contribution in [2.75, 3.05) is 45.3 Å². The smallest absolute Gasteiger partial charge is 0.337 e. The molecule has 26 heavy (non-hydrogen) atoms. The number of anilines is 1. The van der Waals surface area contributed by atoms with Crippen LogP contribution < -0.4 is 15.4 Å². The maximum Gasteiger partial charge on any atom is 0.337 e. The van der Waals surface area contributed by atoms with Crippen LogP contribution in [0.4, 0.5) is 5.69 Å². The molecule has 0 atom stereocenters.